The Kier molecular flexibility index (Phi) is 3.71. The molecular weight excluding hydrogens is 254 g/mol. The number of hydrogen-bond donors (Lipinski definition) is 3. The molecule has 0 aliphatic rings. The number of methoxy groups -OCH3 is 1. The molecule has 2 rings (SSSR count). The maximum Gasteiger partial charge on any atom is 0.412 e. The van der Waals surface area contributed by atoms with Crippen molar-refractivity contribution in [3.8, 4) is 0 Å². The number of nitrogens with zero attached hydrogens (tertiary/aromatic N) is 4. The van der Waals surface area contributed by atoms with Crippen LogP contribution in [-0.4, -0.2) is 44.1 Å². The van der Waals surface area contributed by atoms with Gasteiger partial charge in [-0.2, -0.15) is 0 Å². The minimum Gasteiger partial charge on any atom is -0.453 e. The fourth-order valence-corrected chi connectivity index (χ4v) is 1.24. The summed E-state index contributed by atoms with van der Waals surface area (Å²) in [5.41, 5.74) is 0. The van der Waals surface area contributed by atoms with Crippen molar-refractivity contribution in [2.24, 2.45) is 0 Å². The van der Waals surface area contributed by atoms with Crippen molar-refractivity contribution in [2.45, 2.75) is 6.54 Å². The number of anilines is 2. The highest BCUT2D eigenvalue weighted by Gasteiger charge is 2.09. The molecule has 3 N–H and O–H groups in total. The van der Waals surface area contributed by atoms with Crippen molar-refractivity contribution < 1.29 is 14.3 Å². The summed E-state index contributed by atoms with van der Waals surface area (Å²) in [7, 11) is 1.23. The van der Waals surface area contributed by atoms with E-state index in [1.807, 2.05) is 0 Å². The summed E-state index contributed by atoms with van der Waals surface area (Å²) < 4.78 is 5.66. The number of imidazole rings is 1. The number of amides is 2. The minimum atomic E-state index is -0.660. The van der Waals surface area contributed by atoms with Crippen molar-refractivity contribution in [2.75, 3.05) is 17.7 Å². The van der Waals surface area contributed by atoms with Gasteiger partial charge >= 0.3 is 6.09 Å². The first-order valence-corrected chi connectivity index (χ1v) is 5.21. The molecule has 100 valence electrons. The summed E-state index contributed by atoms with van der Waals surface area (Å²) in [4.78, 5) is 29.1. The number of ether oxygens (including phenoxy) is 1. The lowest BCUT2D eigenvalue weighted by Crippen LogP contribution is -2.19. The molecule has 2 amide bonds. The second kappa shape index (κ2) is 5.62. The lowest BCUT2D eigenvalue weighted by atomic mass is 10.6. The highest BCUT2D eigenvalue weighted by Crippen LogP contribution is 2.01. The lowest BCUT2D eigenvalue weighted by molar-refractivity contribution is -0.117. The quantitative estimate of drug-likeness (QED) is 0.703. The van der Waals surface area contributed by atoms with Crippen molar-refractivity contribution in [1.82, 2.24) is 25.0 Å². The second-order valence-corrected chi connectivity index (χ2v) is 3.40. The number of nitrogens with one attached hydrogen (secondary N) is 3. The molecule has 0 aromatic carbocycles. The number of hydrogen-bond acceptors (Lipinski definition) is 6. The molecule has 0 saturated heterocycles. The molecule has 0 radical (unpaired) electrons. The number of rotatable bonds is 4. The molecule has 10 heteroatoms. The van der Waals surface area contributed by atoms with Crippen LogP contribution in [0.1, 0.15) is 0 Å². The summed E-state index contributed by atoms with van der Waals surface area (Å²) in [6.45, 7) is -0.0590. The SMILES string of the molecule is COC(=O)Nc1cn(CC(=O)Nc2ncc[nH]2)nn1. The summed E-state index contributed by atoms with van der Waals surface area (Å²) >= 11 is 0. The Morgan fingerprint density at radius 3 is 3.00 bits per heavy atom. The zero-order valence-electron chi connectivity index (χ0n) is 9.95. The predicted octanol–water partition coefficient (Wildman–Crippen LogP) is -0.182. The fraction of sp³-hybridized carbons (Fsp3) is 0.222. The fourth-order valence-electron chi connectivity index (χ4n) is 1.24. The molecule has 0 saturated carbocycles. The molecule has 0 aliphatic heterocycles. The highest BCUT2D eigenvalue weighted by molar-refractivity contribution is 5.88. The van der Waals surface area contributed by atoms with Gasteiger partial charge in [-0.05, 0) is 0 Å². The van der Waals surface area contributed by atoms with E-state index in [0.717, 1.165) is 0 Å². The topological polar surface area (TPSA) is 127 Å². The zero-order chi connectivity index (χ0) is 13.7. The van der Waals surface area contributed by atoms with Crippen LogP contribution in [0.3, 0.4) is 0 Å². The van der Waals surface area contributed by atoms with Gasteiger partial charge in [-0.1, -0.05) is 5.21 Å². The van der Waals surface area contributed by atoms with E-state index in [1.54, 1.807) is 6.20 Å². The summed E-state index contributed by atoms with van der Waals surface area (Å²) in [6, 6.07) is 0. The van der Waals surface area contributed by atoms with Crippen LogP contribution in [0.15, 0.2) is 18.6 Å². The molecule has 2 aromatic heterocycles. The monoisotopic (exact) mass is 265 g/mol. The van der Waals surface area contributed by atoms with E-state index in [1.165, 1.54) is 24.2 Å². The van der Waals surface area contributed by atoms with Crippen molar-refractivity contribution in [3.63, 3.8) is 0 Å². The van der Waals surface area contributed by atoms with Gasteiger partial charge in [-0.25, -0.2) is 14.5 Å². The van der Waals surface area contributed by atoms with Gasteiger partial charge in [0.1, 0.15) is 6.54 Å². The number of H-pyrrole nitrogens is 1. The molecule has 2 heterocycles. The van der Waals surface area contributed by atoms with Gasteiger partial charge in [0.15, 0.2) is 5.82 Å². The first-order valence-electron chi connectivity index (χ1n) is 5.21. The standard InChI is InChI=1S/C9H11N7O3/c1-19-9(18)12-6-4-16(15-14-6)5-7(17)13-8-10-2-3-11-8/h2-4H,5H2,1H3,(H,12,18)(H2,10,11,13,17). The first kappa shape index (κ1) is 12.5. The van der Waals surface area contributed by atoms with Gasteiger partial charge in [0.2, 0.25) is 11.9 Å². The van der Waals surface area contributed by atoms with Gasteiger partial charge in [-0.15, -0.1) is 5.10 Å². The van der Waals surface area contributed by atoms with E-state index in [9.17, 15) is 9.59 Å². The van der Waals surface area contributed by atoms with Crippen LogP contribution >= 0.6 is 0 Å². The minimum absolute atomic E-state index is 0.0590. The second-order valence-electron chi connectivity index (χ2n) is 3.40. The van der Waals surface area contributed by atoms with E-state index < -0.39 is 6.09 Å². The Morgan fingerprint density at radius 1 is 1.47 bits per heavy atom. The maximum absolute atomic E-state index is 11.6. The summed E-state index contributed by atoms with van der Waals surface area (Å²) in [5, 5.41) is 12.2. The van der Waals surface area contributed by atoms with Crippen LogP contribution in [0, 0.1) is 0 Å². The van der Waals surface area contributed by atoms with Gasteiger partial charge in [0.25, 0.3) is 0 Å². The van der Waals surface area contributed by atoms with E-state index >= 15 is 0 Å². The molecule has 0 unspecified atom stereocenters. The number of aromatic amines is 1. The number of aromatic nitrogens is 5. The van der Waals surface area contributed by atoms with Gasteiger partial charge < -0.3 is 9.72 Å². The number of carbonyl (C=O) groups is 2. The Hall–Kier alpha value is -2.91. The molecular formula is C9H11N7O3. The summed E-state index contributed by atoms with van der Waals surface area (Å²) in [5.74, 6) is 0.208. The molecule has 19 heavy (non-hydrogen) atoms. The predicted molar refractivity (Wildman–Crippen MR) is 63.3 cm³/mol. The Morgan fingerprint density at radius 2 is 2.32 bits per heavy atom. The molecule has 0 aliphatic carbocycles. The van der Waals surface area contributed by atoms with Crippen LogP contribution in [-0.2, 0) is 16.1 Å². The van der Waals surface area contributed by atoms with E-state index in [2.05, 4.69) is 35.7 Å². The van der Waals surface area contributed by atoms with E-state index in [0.29, 0.717) is 5.95 Å². The van der Waals surface area contributed by atoms with E-state index in [4.69, 9.17) is 0 Å². The van der Waals surface area contributed by atoms with Crippen molar-refractivity contribution in [3.05, 3.63) is 18.6 Å². The normalized spacial score (nSPS) is 9.95. The molecule has 0 bridgehead atoms. The van der Waals surface area contributed by atoms with Crippen LogP contribution in [0.2, 0.25) is 0 Å². The first-order chi connectivity index (χ1) is 9.17. The largest absolute Gasteiger partial charge is 0.453 e. The van der Waals surface area contributed by atoms with Crippen LogP contribution < -0.4 is 10.6 Å². The smallest absolute Gasteiger partial charge is 0.412 e. The highest BCUT2D eigenvalue weighted by atomic mass is 16.5. The lowest BCUT2D eigenvalue weighted by Gasteiger charge is -2.00. The maximum atomic E-state index is 11.6. The molecule has 0 atom stereocenters. The van der Waals surface area contributed by atoms with E-state index in [-0.39, 0.29) is 18.3 Å². The van der Waals surface area contributed by atoms with Gasteiger partial charge in [0.05, 0.1) is 13.3 Å². The third kappa shape index (κ3) is 3.52. The van der Waals surface area contributed by atoms with Crippen molar-refractivity contribution in [1.29, 1.82) is 0 Å². The zero-order valence-corrected chi connectivity index (χ0v) is 9.95. The molecule has 0 fully saturated rings. The molecule has 2 aromatic rings. The Labute approximate surface area is 107 Å². The third-order valence-corrected chi connectivity index (χ3v) is 2.02. The van der Waals surface area contributed by atoms with Crippen LogP contribution in [0.5, 0.6) is 0 Å². The van der Waals surface area contributed by atoms with Gasteiger partial charge in [0, 0.05) is 12.4 Å². The average Bonchev–Trinajstić information content (AvgIpc) is 3.01. The Bertz CT molecular complexity index is 562. The Balaban J connectivity index is 1.89. The molecule has 10 nitrogen and oxygen atoms in total. The van der Waals surface area contributed by atoms with Crippen LogP contribution in [0.25, 0.3) is 0 Å². The van der Waals surface area contributed by atoms with Gasteiger partial charge in [-0.3, -0.25) is 15.4 Å². The summed E-state index contributed by atoms with van der Waals surface area (Å²) in [6.07, 6.45) is 3.85. The number of carbonyl (C=O) groups excluding carboxylic acids is 2. The third-order valence-electron chi connectivity index (χ3n) is 2.02. The van der Waals surface area contributed by atoms with Crippen LogP contribution in [0.4, 0.5) is 16.6 Å². The van der Waals surface area contributed by atoms with Crippen molar-refractivity contribution >= 4 is 23.8 Å². The average molecular weight is 265 g/mol. The molecule has 0 spiro atoms.